The number of para-hydroxylation sites is 1. The van der Waals surface area contributed by atoms with Crippen LogP contribution in [0.4, 0.5) is 0 Å². The summed E-state index contributed by atoms with van der Waals surface area (Å²) in [6.07, 6.45) is 3.28. The second-order valence-electron chi connectivity index (χ2n) is 4.49. The maximum absolute atomic E-state index is 9.10. The Balaban J connectivity index is 0.000000346. The summed E-state index contributed by atoms with van der Waals surface area (Å²) in [5.74, 6) is -3.65. The maximum Gasteiger partial charge on any atom is 0.414 e. The first-order valence-corrected chi connectivity index (χ1v) is 6.94. The minimum atomic E-state index is -1.82. The molecule has 0 bridgehead atoms. The van der Waals surface area contributed by atoms with Gasteiger partial charge in [-0.1, -0.05) is 25.1 Å². The number of aliphatic carboxylic acids is 2. The highest BCUT2D eigenvalue weighted by molar-refractivity contribution is 6.27. The molecular weight excluding hydrogens is 284 g/mol. The van der Waals surface area contributed by atoms with Gasteiger partial charge in [-0.05, 0) is 37.2 Å². The number of nitrogens with one attached hydrogen (secondary N) is 1. The maximum atomic E-state index is 9.10. The van der Waals surface area contributed by atoms with Gasteiger partial charge in [-0.25, -0.2) is 9.59 Å². The Hall–Kier alpha value is -2.60. The molecular formula is C16H20N2O4. The molecule has 0 radical (unpaired) electrons. The first kappa shape index (κ1) is 17.5. The highest BCUT2D eigenvalue weighted by Crippen LogP contribution is 2.11. The lowest BCUT2D eigenvalue weighted by Gasteiger charge is -2.09. The molecule has 0 aliphatic carbocycles. The second-order valence-corrected chi connectivity index (χ2v) is 4.49. The van der Waals surface area contributed by atoms with Crippen molar-refractivity contribution in [3.63, 3.8) is 0 Å². The van der Waals surface area contributed by atoms with Crippen LogP contribution in [0.15, 0.2) is 48.7 Å². The smallest absolute Gasteiger partial charge is 0.414 e. The SMILES string of the molecule is CCCNCc1cccn1-c1ccccc1.O=C(O)C(=O)O. The monoisotopic (exact) mass is 304 g/mol. The summed E-state index contributed by atoms with van der Waals surface area (Å²) in [6, 6.07) is 14.7. The molecule has 0 saturated heterocycles. The van der Waals surface area contributed by atoms with Gasteiger partial charge in [0.25, 0.3) is 0 Å². The van der Waals surface area contributed by atoms with E-state index in [1.807, 2.05) is 6.07 Å². The topological polar surface area (TPSA) is 91.6 Å². The fourth-order valence-electron chi connectivity index (χ4n) is 1.79. The van der Waals surface area contributed by atoms with Crippen LogP contribution in [0.25, 0.3) is 5.69 Å². The first-order chi connectivity index (χ1) is 10.6. The van der Waals surface area contributed by atoms with E-state index in [4.69, 9.17) is 19.8 Å². The normalized spacial score (nSPS) is 9.68. The zero-order valence-electron chi connectivity index (χ0n) is 12.4. The molecule has 0 aliphatic heterocycles. The molecule has 1 aromatic carbocycles. The van der Waals surface area contributed by atoms with E-state index in [9.17, 15) is 0 Å². The molecule has 0 saturated carbocycles. The Labute approximate surface area is 129 Å². The van der Waals surface area contributed by atoms with Gasteiger partial charge in [-0.15, -0.1) is 0 Å². The van der Waals surface area contributed by atoms with Crippen LogP contribution in [0.2, 0.25) is 0 Å². The molecule has 2 aromatic rings. The summed E-state index contributed by atoms with van der Waals surface area (Å²) in [5.41, 5.74) is 2.53. The zero-order valence-corrected chi connectivity index (χ0v) is 12.4. The van der Waals surface area contributed by atoms with Crippen molar-refractivity contribution in [1.29, 1.82) is 0 Å². The summed E-state index contributed by atoms with van der Waals surface area (Å²) in [5, 5.41) is 18.2. The molecule has 118 valence electrons. The number of hydrogen-bond acceptors (Lipinski definition) is 3. The van der Waals surface area contributed by atoms with E-state index in [1.165, 1.54) is 17.8 Å². The Bertz CT molecular complexity index is 581. The molecule has 0 spiro atoms. The number of carbonyl (C=O) groups is 2. The lowest BCUT2D eigenvalue weighted by atomic mass is 10.3. The van der Waals surface area contributed by atoms with Crippen molar-refractivity contribution >= 4 is 11.9 Å². The Morgan fingerprint density at radius 2 is 1.68 bits per heavy atom. The number of hydrogen-bond donors (Lipinski definition) is 3. The largest absolute Gasteiger partial charge is 0.473 e. The third-order valence-corrected chi connectivity index (χ3v) is 2.78. The van der Waals surface area contributed by atoms with Crippen molar-refractivity contribution in [2.24, 2.45) is 0 Å². The van der Waals surface area contributed by atoms with Gasteiger partial charge in [0, 0.05) is 24.1 Å². The average molecular weight is 304 g/mol. The van der Waals surface area contributed by atoms with Gasteiger partial charge in [0.15, 0.2) is 0 Å². The van der Waals surface area contributed by atoms with Crippen molar-refractivity contribution in [2.75, 3.05) is 6.54 Å². The van der Waals surface area contributed by atoms with E-state index in [2.05, 4.69) is 59.4 Å². The van der Waals surface area contributed by atoms with Crippen LogP contribution >= 0.6 is 0 Å². The molecule has 3 N–H and O–H groups in total. The molecule has 6 heteroatoms. The van der Waals surface area contributed by atoms with Gasteiger partial charge < -0.3 is 20.1 Å². The molecule has 2 rings (SSSR count). The van der Waals surface area contributed by atoms with Gasteiger partial charge in [0.05, 0.1) is 0 Å². The van der Waals surface area contributed by atoms with E-state index < -0.39 is 11.9 Å². The van der Waals surface area contributed by atoms with Crippen LogP contribution in [0.3, 0.4) is 0 Å². The van der Waals surface area contributed by atoms with Crippen LogP contribution in [-0.4, -0.2) is 33.3 Å². The average Bonchev–Trinajstić information content (AvgIpc) is 2.97. The van der Waals surface area contributed by atoms with Crippen molar-refractivity contribution < 1.29 is 19.8 Å². The van der Waals surface area contributed by atoms with Crippen molar-refractivity contribution in [3.8, 4) is 5.69 Å². The van der Waals surface area contributed by atoms with E-state index >= 15 is 0 Å². The van der Waals surface area contributed by atoms with E-state index in [-0.39, 0.29) is 0 Å². The number of benzene rings is 1. The van der Waals surface area contributed by atoms with Crippen molar-refractivity contribution in [2.45, 2.75) is 19.9 Å². The quantitative estimate of drug-likeness (QED) is 0.581. The molecule has 6 nitrogen and oxygen atoms in total. The zero-order chi connectivity index (χ0) is 16.4. The summed E-state index contributed by atoms with van der Waals surface area (Å²) < 4.78 is 2.22. The van der Waals surface area contributed by atoms with Gasteiger partial charge in [-0.3, -0.25) is 0 Å². The number of carboxylic acid groups (broad SMARTS) is 2. The number of nitrogens with zero attached hydrogens (tertiary/aromatic N) is 1. The van der Waals surface area contributed by atoms with E-state index in [1.54, 1.807) is 0 Å². The third kappa shape index (κ3) is 5.80. The Morgan fingerprint density at radius 1 is 1.05 bits per heavy atom. The lowest BCUT2D eigenvalue weighted by Crippen LogP contribution is -2.16. The van der Waals surface area contributed by atoms with E-state index in [0.29, 0.717) is 0 Å². The number of aromatic nitrogens is 1. The molecule has 0 amide bonds. The molecule has 0 aliphatic rings. The van der Waals surface area contributed by atoms with Gasteiger partial charge in [-0.2, -0.15) is 0 Å². The summed E-state index contributed by atoms with van der Waals surface area (Å²) in [4.78, 5) is 18.2. The highest BCUT2D eigenvalue weighted by Gasteiger charge is 2.04. The van der Waals surface area contributed by atoms with Crippen LogP contribution in [-0.2, 0) is 16.1 Å². The third-order valence-electron chi connectivity index (χ3n) is 2.78. The van der Waals surface area contributed by atoms with Gasteiger partial charge in [0.1, 0.15) is 0 Å². The Kier molecular flexibility index (Phi) is 7.42. The van der Waals surface area contributed by atoms with E-state index in [0.717, 1.165) is 13.1 Å². The lowest BCUT2D eigenvalue weighted by molar-refractivity contribution is -0.159. The predicted molar refractivity (Wildman–Crippen MR) is 83.0 cm³/mol. The first-order valence-electron chi connectivity index (χ1n) is 6.94. The Morgan fingerprint density at radius 3 is 2.23 bits per heavy atom. The summed E-state index contributed by atoms with van der Waals surface area (Å²) in [6.45, 7) is 4.18. The molecule has 0 unspecified atom stereocenters. The minimum Gasteiger partial charge on any atom is -0.473 e. The van der Waals surface area contributed by atoms with Gasteiger partial charge >= 0.3 is 11.9 Å². The predicted octanol–water partition coefficient (Wildman–Crippen LogP) is 2.13. The fraction of sp³-hybridized carbons (Fsp3) is 0.250. The number of rotatable bonds is 5. The summed E-state index contributed by atoms with van der Waals surface area (Å²) >= 11 is 0. The van der Waals surface area contributed by atoms with Gasteiger partial charge in [0.2, 0.25) is 0 Å². The standard InChI is InChI=1S/C14H18N2.C2H2O4/c1-2-10-15-12-14-9-6-11-16(14)13-7-4-3-5-8-13;3-1(4)2(5)6/h3-9,11,15H,2,10,12H2,1H3;(H,3,4)(H,5,6). The fourth-order valence-corrected chi connectivity index (χ4v) is 1.79. The van der Waals surface area contributed by atoms with Crippen LogP contribution < -0.4 is 5.32 Å². The molecule has 22 heavy (non-hydrogen) atoms. The molecule has 1 aromatic heterocycles. The van der Waals surface area contributed by atoms with Crippen LogP contribution in [0.1, 0.15) is 19.0 Å². The van der Waals surface area contributed by atoms with Crippen molar-refractivity contribution in [3.05, 3.63) is 54.4 Å². The van der Waals surface area contributed by atoms with Crippen LogP contribution in [0.5, 0.6) is 0 Å². The minimum absolute atomic E-state index is 0.926. The molecule has 0 fully saturated rings. The number of carboxylic acids is 2. The second kappa shape index (κ2) is 9.36. The highest BCUT2D eigenvalue weighted by atomic mass is 16.4. The van der Waals surface area contributed by atoms with Crippen molar-refractivity contribution in [1.82, 2.24) is 9.88 Å². The molecule has 1 heterocycles. The molecule has 0 atom stereocenters. The summed E-state index contributed by atoms with van der Waals surface area (Å²) in [7, 11) is 0. The van der Waals surface area contributed by atoms with Crippen LogP contribution in [0, 0.1) is 0 Å².